The molecule has 1 atom stereocenters. The number of anilines is 1. The molecule has 1 N–H and O–H groups in total. The zero-order chi connectivity index (χ0) is 28.8. The summed E-state index contributed by atoms with van der Waals surface area (Å²) in [6.07, 6.45) is 6.12. The zero-order valence-electron chi connectivity index (χ0n) is 24.3. The fraction of sp³-hybridized carbons (Fsp3) is 0.469. The Balaban J connectivity index is 1.39. The molecule has 2 aromatic rings. The Labute approximate surface area is 243 Å². The fourth-order valence-electron chi connectivity index (χ4n) is 6.27. The summed E-state index contributed by atoms with van der Waals surface area (Å²) in [5, 5.41) is 12.6. The minimum atomic E-state index is -0.0305. The van der Waals surface area contributed by atoms with Gasteiger partial charge in [0.25, 0.3) is 0 Å². The van der Waals surface area contributed by atoms with E-state index in [1.165, 1.54) is 18.9 Å². The van der Waals surface area contributed by atoms with Crippen LogP contribution in [0.2, 0.25) is 0 Å². The third kappa shape index (κ3) is 6.73. The van der Waals surface area contributed by atoms with Gasteiger partial charge in [-0.2, -0.15) is 0 Å². The number of amidine groups is 1. The molecule has 218 valence electrons. The van der Waals surface area contributed by atoms with Crippen molar-refractivity contribution in [2.24, 2.45) is 15.9 Å². The summed E-state index contributed by atoms with van der Waals surface area (Å²) in [6.45, 7) is 10.5. The molecule has 9 heteroatoms. The highest BCUT2D eigenvalue weighted by Crippen LogP contribution is 2.35. The minimum absolute atomic E-state index is 0.0305. The molecule has 0 saturated carbocycles. The summed E-state index contributed by atoms with van der Waals surface area (Å²) < 4.78 is 6.00. The van der Waals surface area contributed by atoms with Crippen molar-refractivity contribution in [3.63, 3.8) is 0 Å². The molecule has 0 bridgehead atoms. The zero-order valence-corrected chi connectivity index (χ0v) is 24.3. The number of phenolic OH excluding ortho intramolecular Hbond substituents is 1. The van der Waals surface area contributed by atoms with Gasteiger partial charge in [-0.1, -0.05) is 30.8 Å². The van der Waals surface area contributed by atoms with Crippen LogP contribution in [0.4, 0.5) is 5.69 Å². The molecular weight excluding hydrogens is 516 g/mol. The van der Waals surface area contributed by atoms with Crippen molar-refractivity contribution in [3.8, 4) is 5.75 Å². The summed E-state index contributed by atoms with van der Waals surface area (Å²) >= 11 is 0. The molecule has 0 radical (unpaired) electrons. The monoisotopic (exact) mass is 558 g/mol. The van der Waals surface area contributed by atoms with Crippen molar-refractivity contribution in [2.75, 3.05) is 78.0 Å². The second kappa shape index (κ2) is 13.2. The van der Waals surface area contributed by atoms with Crippen LogP contribution < -0.4 is 4.90 Å². The fourth-order valence-corrected chi connectivity index (χ4v) is 6.27. The number of amides is 1. The van der Waals surface area contributed by atoms with Gasteiger partial charge in [0.15, 0.2) is 6.40 Å². The van der Waals surface area contributed by atoms with Crippen LogP contribution in [0, 0.1) is 5.92 Å². The lowest BCUT2D eigenvalue weighted by atomic mass is 10.00. The smallest absolute Gasteiger partial charge is 0.246 e. The van der Waals surface area contributed by atoms with Crippen LogP contribution >= 0.6 is 0 Å². The van der Waals surface area contributed by atoms with E-state index < -0.39 is 0 Å². The van der Waals surface area contributed by atoms with E-state index in [1.54, 1.807) is 12.5 Å². The molecular formula is C32H42N6O3. The van der Waals surface area contributed by atoms with Crippen molar-refractivity contribution in [1.29, 1.82) is 0 Å². The van der Waals surface area contributed by atoms with E-state index in [1.807, 2.05) is 36.2 Å². The number of nitrogens with zero attached hydrogens (tertiary/aromatic N) is 6. The molecule has 3 aliphatic heterocycles. The van der Waals surface area contributed by atoms with Gasteiger partial charge in [0.1, 0.15) is 11.6 Å². The summed E-state index contributed by atoms with van der Waals surface area (Å²) in [5.41, 5.74) is 3.01. The van der Waals surface area contributed by atoms with E-state index in [4.69, 9.17) is 14.7 Å². The highest BCUT2D eigenvalue weighted by Gasteiger charge is 2.29. The van der Waals surface area contributed by atoms with Gasteiger partial charge in [0.05, 0.1) is 18.8 Å². The predicted octanol–water partition coefficient (Wildman–Crippen LogP) is 3.75. The first-order valence-corrected chi connectivity index (χ1v) is 14.6. The van der Waals surface area contributed by atoms with E-state index in [0.717, 1.165) is 59.6 Å². The summed E-state index contributed by atoms with van der Waals surface area (Å²) in [7, 11) is 3.99. The third-order valence-electron chi connectivity index (χ3n) is 8.37. The maximum atomic E-state index is 12.1. The quantitative estimate of drug-likeness (QED) is 0.317. The average molecular weight is 559 g/mol. The third-order valence-corrected chi connectivity index (χ3v) is 8.37. The molecule has 0 spiro atoms. The number of aliphatic imine (C=N–C) groups is 2. The number of rotatable bonds is 7. The van der Waals surface area contributed by atoms with Crippen molar-refractivity contribution >= 4 is 34.6 Å². The Morgan fingerprint density at radius 3 is 2.66 bits per heavy atom. The number of carbonyl (C=O) groups is 1. The molecule has 0 aromatic heterocycles. The van der Waals surface area contributed by atoms with E-state index in [0.29, 0.717) is 45.2 Å². The maximum absolute atomic E-state index is 12.1. The number of ether oxygens (including phenoxy) is 1. The van der Waals surface area contributed by atoms with Gasteiger partial charge in [-0.3, -0.25) is 9.79 Å². The molecule has 1 amide bonds. The number of hydrogen-bond donors (Lipinski definition) is 1. The second-order valence-corrected chi connectivity index (χ2v) is 11.2. The van der Waals surface area contributed by atoms with Gasteiger partial charge in [-0.05, 0) is 50.4 Å². The van der Waals surface area contributed by atoms with Gasteiger partial charge in [0, 0.05) is 74.9 Å². The largest absolute Gasteiger partial charge is 0.508 e. The molecule has 41 heavy (non-hydrogen) atoms. The SMILES string of the molecule is C=CC(=O)N1CCN(/C(=N/C)C2=C(/N=C/OCC3CCCN(C)C3)CN(c3cc(O)cc4ccccc34)CC2)CC1. The number of benzene rings is 2. The summed E-state index contributed by atoms with van der Waals surface area (Å²) in [5.74, 6) is 1.66. The van der Waals surface area contributed by atoms with Gasteiger partial charge in [0.2, 0.25) is 5.91 Å². The molecule has 2 fully saturated rings. The topological polar surface area (TPSA) is 84.2 Å². The van der Waals surface area contributed by atoms with Crippen LogP contribution in [0.25, 0.3) is 10.8 Å². The summed E-state index contributed by atoms with van der Waals surface area (Å²) in [6, 6.07) is 11.8. The number of fused-ring (bicyclic) bond motifs is 1. The average Bonchev–Trinajstić information content (AvgIpc) is 2.99. The van der Waals surface area contributed by atoms with Crippen LogP contribution in [0.5, 0.6) is 5.75 Å². The van der Waals surface area contributed by atoms with Crippen molar-refractivity contribution < 1.29 is 14.6 Å². The molecule has 3 heterocycles. The normalized spacial score (nSPS) is 21.2. The highest BCUT2D eigenvalue weighted by molar-refractivity contribution is 6.00. The van der Waals surface area contributed by atoms with Crippen LogP contribution in [0.15, 0.2) is 70.3 Å². The first kappa shape index (κ1) is 28.7. The van der Waals surface area contributed by atoms with E-state index in [9.17, 15) is 9.90 Å². The minimum Gasteiger partial charge on any atom is -0.508 e. The Hall–Kier alpha value is -3.85. The molecule has 9 nitrogen and oxygen atoms in total. The lowest BCUT2D eigenvalue weighted by Gasteiger charge is -2.39. The lowest BCUT2D eigenvalue weighted by molar-refractivity contribution is -0.127. The molecule has 1 unspecified atom stereocenters. The number of piperidine rings is 1. The van der Waals surface area contributed by atoms with E-state index >= 15 is 0 Å². The van der Waals surface area contributed by atoms with Gasteiger partial charge < -0.3 is 29.4 Å². The molecule has 5 rings (SSSR count). The number of hydrogen-bond acceptors (Lipinski definition) is 7. The van der Waals surface area contributed by atoms with Crippen molar-refractivity contribution in [2.45, 2.75) is 19.3 Å². The van der Waals surface area contributed by atoms with E-state index in [2.05, 4.69) is 34.4 Å². The summed E-state index contributed by atoms with van der Waals surface area (Å²) in [4.78, 5) is 30.5. The maximum Gasteiger partial charge on any atom is 0.246 e. The lowest BCUT2D eigenvalue weighted by Crippen LogP contribution is -2.51. The first-order valence-electron chi connectivity index (χ1n) is 14.6. The second-order valence-electron chi connectivity index (χ2n) is 11.2. The Kier molecular flexibility index (Phi) is 9.24. The molecule has 3 aliphatic rings. The molecule has 0 aliphatic carbocycles. The van der Waals surface area contributed by atoms with E-state index in [-0.39, 0.29) is 11.7 Å². The molecule has 2 saturated heterocycles. The molecule has 2 aromatic carbocycles. The van der Waals surface area contributed by atoms with Gasteiger partial charge >= 0.3 is 0 Å². The van der Waals surface area contributed by atoms with Crippen LogP contribution in [0.3, 0.4) is 0 Å². The van der Waals surface area contributed by atoms with Crippen molar-refractivity contribution in [3.05, 3.63) is 60.3 Å². The number of aromatic hydroxyl groups is 1. The highest BCUT2D eigenvalue weighted by atomic mass is 16.5. The van der Waals surface area contributed by atoms with Gasteiger partial charge in [-0.15, -0.1) is 0 Å². The van der Waals surface area contributed by atoms with Crippen LogP contribution in [0.1, 0.15) is 19.3 Å². The predicted molar refractivity (Wildman–Crippen MR) is 166 cm³/mol. The Bertz CT molecular complexity index is 1340. The number of carbonyl (C=O) groups excluding carboxylic acids is 1. The Morgan fingerprint density at radius 1 is 1.12 bits per heavy atom. The number of piperazine rings is 1. The van der Waals surface area contributed by atoms with Crippen molar-refractivity contribution in [1.82, 2.24) is 14.7 Å². The first-order chi connectivity index (χ1) is 20.0. The van der Waals surface area contributed by atoms with Crippen LogP contribution in [-0.2, 0) is 9.53 Å². The van der Waals surface area contributed by atoms with Gasteiger partial charge in [-0.25, -0.2) is 4.99 Å². The standard InChI is InChI=1S/C32H42N6O3/c1-4-31(40)36-14-16-37(17-15-36)32(33-2)28-11-13-38(30-19-26(39)18-25-9-5-6-10-27(25)30)21-29(28)34-23-41-22-24-8-7-12-35(3)20-24/h4-6,9-10,18-19,23-24,39H,1,7-8,11-17,20-22H2,2-3H3/b33-32+,34-23+. The number of likely N-dealkylation sites (tertiary alicyclic amines) is 1. The number of phenols is 1. The van der Waals surface area contributed by atoms with Crippen LogP contribution in [-0.4, -0.2) is 111 Å². The Morgan fingerprint density at radius 2 is 1.90 bits per heavy atom.